The van der Waals surface area contributed by atoms with Crippen molar-refractivity contribution in [3.05, 3.63) is 29.8 Å². The van der Waals surface area contributed by atoms with Crippen molar-refractivity contribution in [3.8, 4) is 0 Å². The van der Waals surface area contributed by atoms with Crippen molar-refractivity contribution in [1.82, 2.24) is 4.90 Å². The third-order valence-corrected chi connectivity index (χ3v) is 4.69. The van der Waals surface area contributed by atoms with Gasteiger partial charge in [0, 0.05) is 24.3 Å². The van der Waals surface area contributed by atoms with Crippen molar-refractivity contribution in [3.63, 3.8) is 0 Å². The summed E-state index contributed by atoms with van der Waals surface area (Å²) in [5.74, 6) is 0.538. The number of hydrogen-bond acceptors (Lipinski definition) is 3. The molecule has 1 fully saturated rings. The van der Waals surface area contributed by atoms with Crippen molar-refractivity contribution in [2.45, 2.75) is 46.6 Å². The Hall–Kier alpha value is -1.88. The van der Waals surface area contributed by atoms with Crippen LogP contribution in [0.15, 0.2) is 24.3 Å². The van der Waals surface area contributed by atoms with Gasteiger partial charge in [0.15, 0.2) is 0 Å². The number of anilines is 1. The van der Waals surface area contributed by atoms with E-state index in [9.17, 15) is 9.59 Å². The SMILES string of the molecule is CC1CCN(C(=O)c2ccc(NC(=O)[C@@H](N)C(C)(C)C)cc2)CC1. The highest BCUT2D eigenvalue weighted by Crippen LogP contribution is 2.21. The van der Waals surface area contributed by atoms with E-state index in [2.05, 4.69) is 12.2 Å². The maximum Gasteiger partial charge on any atom is 0.253 e. The Kier molecular flexibility index (Phi) is 5.65. The molecule has 0 bridgehead atoms. The predicted molar refractivity (Wildman–Crippen MR) is 96.8 cm³/mol. The van der Waals surface area contributed by atoms with E-state index in [1.165, 1.54) is 0 Å². The average Bonchev–Trinajstić information content (AvgIpc) is 2.54. The highest BCUT2D eigenvalue weighted by molar-refractivity contribution is 5.97. The number of carbonyl (C=O) groups excluding carboxylic acids is 2. The van der Waals surface area contributed by atoms with Crippen LogP contribution in [0.3, 0.4) is 0 Å². The van der Waals surface area contributed by atoms with Crippen LogP contribution in [-0.4, -0.2) is 35.8 Å². The third kappa shape index (κ3) is 4.57. The molecule has 1 atom stereocenters. The van der Waals surface area contributed by atoms with Crippen LogP contribution in [0.2, 0.25) is 0 Å². The van der Waals surface area contributed by atoms with Crippen LogP contribution in [0.1, 0.15) is 50.9 Å². The molecule has 2 amide bonds. The molecule has 0 radical (unpaired) electrons. The zero-order valence-electron chi connectivity index (χ0n) is 15.1. The molecule has 0 spiro atoms. The van der Waals surface area contributed by atoms with Gasteiger partial charge in [-0.25, -0.2) is 0 Å². The monoisotopic (exact) mass is 331 g/mol. The van der Waals surface area contributed by atoms with E-state index in [1.54, 1.807) is 24.3 Å². The minimum Gasteiger partial charge on any atom is -0.339 e. The second kappa shape index (κ2) is 7.34. The van der Waals surface area contributed by atoms with E-state index >= 15 is 0 Å². The number of nitrogens with zero attached hydrogens (tertiary/aromatic N) is 1. The Morgan fingerprint density at radius 2 is 1.71 bits per heavy atom. The van der Waals surface area contributed by atoms with Gasteiger partial charge in [-0.05, 0) is 48.4 Å². The molecular weight excluding hydrogens is 302 g/mol. The first-order chi connectivity index (χ1) is 11.2. The lowest BCUT2D eigenvalue weighted by atomic mass is 9.87. The van der Waals surface area contributed by atoms with Crippen LogP contribution in [0.4, 0.5) is 5.69 Å². The quantitative estimate of drug-likeness (QED) is 0.894. The number of rotatable bonds is 3. The normalized spacial score (nSPS) is 17.5. The van der Waals surface area contributed by atoms with Gasteiger partial charge < -0.3 is 16.0 Å². The molecule has 0 unspecified atom stereocenters. The Bertz CT molecular complexity index is 582. The predicted octanol–water partition coefficient (Wildman–Crippen LogP) is 2.87. The molecule has 1 aromatic carbocycles. The van der Waals surface area contributed by atoms with Crippen molar-refractivity contribution in [1.29, 1.82) is 0 Å². The molecule has 5 nitrogen and oxygen atoms in total. The molecule has 132 valence electrons. The lowest BCUT2D eigenvalue weighted by molar-refractivity contribution is -0.119. The lowest BCUT2D eigenvalue weighted by Gasteiger charge is -2.30. The molecule has 5 heteroatoms. The molecule has 0 saturated carbocycles. The Labute approximate surface area is 144 Å². The summed E-state index contributed by atoms with van der Waals surface area (Å²) in [4.78, 5) is 26.5. The fraction of sp³-hybridized carbons (Fsp3) is 0.579. The summed E-state index contributed by atoms with van der Waals surface area (Å²) >= 11 is 0. The van der Waals surface area contributed by atoms with Gasteiger partial charge in [-0.1, -0.05) is 27.7 Å². The van der Waals surface area contributed by atoms with E-state index in [0.717, 1.165) is 25.9 Å². The van der Waals surface area contributed by atoms with Crippen LogP contribution >= 0.6 is 0 Å². The third-order valence-electron chi connectivity index (χ3n) is 4.69. The van der Waals surface area contributed by atoms with E-state index in [4.69, 9.17) is 5.73 Å². The molecule has 0 aromatic heterocycles. The van der Waals surface area contributed by atoms with E-state index in [-0.39, 0.29) is 17.2 Å². The maximum absolute atomic E-state index is 12.5. The van der Waals surface area contributed by atoms with E-state index in [1.807, 2.05) is 25.7 Å². The first-order valence-corrected chi connectivity index (χ1v) is 8.64. The second-order valence-corrected chi connectivity index (χ2v) is 7.89. The summed E-state index contributed by atoms with van der Waals surface area (Å²) in [5.41, 5.74) is 6.97. The molecule has 24 heavy (non-hydrogen) atoms. The first-order valence-electron chi connectivity index (χ1n) is 8.64. The van der Waals surface area contributed by atoms with Crippen LogP contribution in [0, 0.1) is 11.3 Å². The number of nitrogens with two attached hydrogens (primary N) is 1. The minimum atomic E-state index is -0.589. The van der Waals surface area contributed by atoms with Crippen LogP contribution in [0.25, 0.3) is 0 Å². The summed E-state index contributed by atoms with van der Waals surface area (Å²) in [7, 11) is 0. The summed E-state index contributed by atoms with van der Waals surface area (Å²) in [6.07, 6.45) is 2.12. The molecule has 1 aliphatic rings. The zero-order valence-corrected chi connectivity index (χ0v) is 15.1. The number of nitrogens with one attached hydrogen (secondary N) is 1. The molecule has 1 heterocycles. The fourth-order valence-electron chi connectivity index (χ4n) is 2.70. The molecule has 1 aliphatic heterocycles. The van der Waals surface area contributed by atoms with Crippen molar-refractivity contribution < 1.29 is 9.59 Å². The number of amides is 2. The van der Waals surface area contributed by atoms with Crippen molar-refractivity contribution in [2.24, 2.45) is 17.1 Å². The highest BCUT2D eigenvalue weighted by Gasteiger charge is 2.27. The first kappa shape index (κ1) is 18.5. The van der Waals surface area contributed by atoms with Gasteiger partial charge >= 0.3 is 0 Å². The zero-order chi connectivity index (χ0) is 17.9. The van der Waals surface area contributed by atoms with Gasteiger partial charge in [0.1, 0.15) is 0 Å². The van der Waals surface area contributed by atoms with Gasteiger partial charge in [-0.15, -0.1) is 0 Å². The molecule has 1 aromatic rings. The van der Waals surface area contributed by atoms with Crippen molar-refractivity contribution in [2.75, 3.05) is 18.4 Å². The summed E-state index contributed by atoms with van der Waals surface area (Å²) in [5, 5.41) is 2.81. The van der Waals surface area contributed by atoms with Crippen molar-refractivity contribution >= 4 is 17.5 Å². The molecule has 1 saturated heterocycles. The van der Waals surface area contributed by atoms with Gasteiger partial charge in [0.2, 0.25) is 5.91 Å². The lowest BCUT2D eigenvalue weighted by Crippen LogP contribution is -2.45. The Morgan fingerprint density at radius 1 is 1.17 bits per heavy atom. The molecule has 3 N–H and O–H groups in total. The standard InChI is InChI=1S/C19H29N3O2/c1-13-9-11-22(12-10-13)18(24)14-5-7-15(8-6-14)21-17(23)16(20)19(2,3)4/h5-8,13,16H,9-12,20H2,1-4H3,(H,21,23)/t16-/m1/s1. The molecule has 0 aliphatic carbocycles. The maximum atomic E-state index is 12.5. The summed E-state index contributed by atoms with van der Waals surface area (Å²) in [6.45, 7) is 9.65. The van der Waals surface area contributed by atoms with E-state index in [0.29, 0.717) is 17.2 Å². The smallest absolute Gasteiger partial charge is 0.253 e. The Morgan fingerprint density at radius 3 is 2.21 bits per heavy atom. The topological polar surface area (TPSA) is 75.4 Å². The van der Waals surface area contributed by atoms with Crippen LogP contribution in [-0.2, 0) is 4.79 Å². The van der Waals surface area contributed by atoms with Gasteiger partial charge in [-0.3, -0.25) is 9.59 Å². The summed E-state index contributed by atoms with van der Waals surface area (Å²) < 4.78 is 0. The van der Waals surface area contributed by atoms with Gasteiger partial charge in [0.25, 0.3) is 5.91 Å². The highest BCUT2D eigenvalue weighted by atomic mass is 16.2. The largest absolute Gasteiger partial charge is 0.339 e. The number of benzene rings is 1. The summed E-state index contributed by atoms with van der Waals surface area (Å²) in [6, 6.07) is 6.45. The average molecular weight is 331 g/mol. The molecule has 2 rings (SSSR count). The van der Waals surface area contributed by atoms with Crippen LogP contribution in [0.5, 0.6) is 0 Å². The second-order valence-electron chi connectivity index (χ2n) is 7.89. The Balaban J connectivity index is 1.98. The van der Waals surface area contributed by atoms with E-state index < -0.39 is 6.04 Å². The number of likely N-dealkylation sites (tertiary alicyclic amines) is 1. The minimum absolute atomic E-state index is 0.0613. The molecular formula is C19H29N3O2. The van der Waals surface area contributed by atoms with Gasteiger partial charge in [-0.2, -0.15) is 0 Å². The number of hydrogen-bond donors (Lipinski definition) is 2. The number of piperidine rings is 1. The number of carbonyl (C=O) groups is 2. The fourth-order valence-corrected chi connectivity index (χ4v) is 2.70. The van der Waals surface area contributed by atoms with Gasteiger partial charge in [0.05, 0.1) is 6.04 Å². The van der Waals surface area contributed by atoms with Crippen LogP contribution < -0.4 is 11.1 Å².